The molecule has 0 bridgehead atoms. The van der Waals surface area contributed by atoms with Crippen molar-refractivity contribution in [3.05, 3.63) is 59.0 Å². The summed E-state index contributed by atoms with van der Waals surface area (Å²) in [5.74, 6) is -0.731. The van der Waals surface area contributed by atoms with Crippen LogP contribution in [0.2, 0.25) is 0 Å². The van der Waals surface area contributed by atoms with E-state index in [-0.39, 0.29) is 5.82 Å². The molecule has 0 fully saturated rings. The number of aliphatic carboxylic acids is 1. The maximum absolute atomic E-state index is 13.1. The van der Waals surface area contributed by atoms with Crippen LogP contribution in [0.4, 0.5) is 10.2 Å². The van der Waals surface area contributed by atoms with Crippen molar-refractivity contribution in [2.45, 2.75) is 29.4 Å². The van der Waals surface area contributed by atoms with Gasteiger partial charge in [0, 0.05) is 30.1 Å². The van der Waals surface area contributed by atoms with Crippen molar-refractivity contribution in [2.24, 2.45) is 0 Å². The maximum Gasteiger partial charge on any atom is 0.319 e. The SMILES string of the molecule is CC(C)(Sc1nc(CCNc2ncc(-c3ccc(F)cc3)cc2C#N)cs1)C(=O)O. The number of pyridine rings is 1. The molecule has 0 aliphatic rings. The summed E-state index contributed by atoms with van der Waals surface area (Å²) in [4.78, 5) is 20.1. The quantitative estimate of drug-likeness (QED) is 0.482. The lowest BCUT2D eigenvalue weighted by atomic mass is 10.1. The van der Waals surface area contributed by atoms with Gasteiger partial charge in [-0.15, -0.1) is 11.3 Å². The van der Waals surface area contributed by atoms with E-state index in [9.17, 15) is 19.6 Å². The summed E-state index contributed by atoms with van der Waals surface area (Å²) in [6.45, 7) is 3.81. The Hall–Kier alpha value is -2.96. The summed E-state index contributed by atoms with van der Waals surface area (Å²) in [5.41, 5.74) is 2.76. The summed E-state index contributed by atoms with van der Waals surface area (Å²) < 4.78 is 12.9. The second-order valence-electron chi connectivity index (χ2n) is 6.94. The van der Waals surface area contributed by atoms with Crippen LogP contribution >= 0.6 is 23.1 Å². The van der Waals surface area contributed by atoms with Gasteiger partial charge in [-0.2, -0.15) is 5.26 Å². The Kier molecular flexibility index (Phi) is 6.70. The first kappa shape index (κ1) is 21.7. The molecule has 2 aromatic heterocycles. The van der Waals surface area contributed by atoms with Crippen molar-refractivity contribution < 1.29 is 14.3 Å². The molecule has 0 amide bonds. The van der Waals surface area contributed by atoms with Crippen molar-refractivity contribution in [2.75, 3.05) is 11.9 Å². The lowest BCUT2D eigenvalue weighted by Crippen LogP contribution is -2.26. The molecule has 9 heteroatoms. The third-order valence-corrected chi connectivity index (χ3v) is 6.42. The fourth-order valence-electron chi connectivity index (χ4n) is 2.51. The molecule has 0 atom stereocenters. The van der Waals surface area contributed by atoms with E-state index in [2.05, 4.69) is 21.4 Å². The summed E-state index contributed by atoms with van der Waals surface area (Å²) in [6, 6.07) is 9.87. The number of hydrogen-bond donors (Lipinski definition) is 2. The minimum Gasteiger partial charge on any atom is -0.480 e. The minimum atomic E-state index is -0.939. The van der Waals surface area contributed by atoms with Gasteiger partial charge in [0.05, 0.1) is 11.3 Å². The highest BCUT2D eigenvalue weighted by atomic mass is 32.2. The molecule has 0 aliphatic heterocycles. The molecule has 6 nitrogen and oxygen atoms in total. The molecule has 3 rings (SSSR count). The number of nitrogens with zero attached hydrogens (tertiary/aromatic N) is 3. The van der Waals surface area contributed by atoms with Gasteiger partial charge in [0.25, 0.3) is 0 Å². The second kappa shape index (κ2) is 9.24. The number of aromatic nitrogens is 2. The number of carbonyl (C=O) groups is 1. The van der Waals surface area contributed by atoms with E-state index in [4.69, 9.17) is 0 Å². The zero-order valence-corrected chi connectivity index (χ0v) is 18.0. The van der Waals surface area contributed by atoms with Crippen LogP contribution in [0.25, 0.3) is 11.1 Å². The average Bonchev–Trinajstić information content (AvgIpc) is 3.15. The predicted octanol–water partition coefficient (Wildman–Crippen LogP) is 4.83. The molecule has 2 N–H and O–H groups in total. The van der Waals surface area contributed by atoms with Gasteiger partial charge in [0.15, 0.2) is 4.34 Å². The Balaban J connectivity index is 1.62. The van der Waals surface area contributed by atoms with Gasteiger partial charge in [-0.25, -0.2) is 14.4 Å². The molecule has 0 radical (unpaired) electrons. The van der Waals surface area contributed by atoms with Crippen LogP contribution in [0, 0.1) is 17.1 Å². The molecule has 0 saturated heterocycles. The monoisotopic (exact) mass is 442 g/mol. The van der Waals surface area contributed by atoms with Crippen LogP contribution in [0.3, 0.4) is 0 Å². The van der Waals surface area contributed by atoms with Gasteiger partial charge in [-0.1, -0.05) is 23.9 Å². The molecule has 1 aromatic carbocycles. The van der Waals surface area contributed by atoms with Crippen LogP contribution in [-0.4, -0.2) is 32.3 Å². The third kappa shape index (κ3) is 5.34. The van der Waals surface area contributed by atoms with Gasteiger partial charge >= 0.3 is 5.97 Å². The fourth-order valence-corrected chi connectivity index (χ4v) is 4.74. The number of benzene rings is 1. The largest absolute Gasteiger partial charge is 0.480 e. The first-order chi connectivity index (χ1) is 14.3. The van der Waals surface area contributed by atoms with Crippen molar-refractivity contribution in [1.82, 2.24) is 9.97 Å². The van der Waals surface area contributed by atoms with Crippen LogP contribution in [0.15, 0.2) is 46.2 Å². The van der Waals surface area contributed by atoms with E-state index in [1.54, 1.807) is 38.2 Å². The zero-order chi connectivity index (χ0) is 21.7. The Morgan fingerprint density at radius 3 is 2.73 bits per heavy atom. The second-order valence-corrected chi connectivity index (χ2v) is 9.67. The van der Waals surface area contributed by atoms with Gasteiger partial charge in [-0.05, 0) is 37.6 Å². The van der Waals surface area contributed by atoms with Crippen molar-refractivity contribution in [3.8, 4) is 17.2 Å². The van der Waals surface area contributed by atoms with Crippen LogP contribution in [-0.2, 0) is 11.2 Å². The summed E-state index contributed by atoms with van der Waals surface area (Å²) in [7, 11) is 0. The summed E-state index contributed by atoms with van der Waals surface area (Å²) >= 11 is 2.63. The number of thiazole rings is 1. The van der Waals surface area contributed by atoms with Crippen LogP contribution in [0.1, 0.15) is 25.1 Å². The number of carboxylic acids is 1. The van der Waals surface area contributed by atoms with Crippen molar-refractivity contribution >= 4 is 34.9 Å². The summed E-state index contributed by atoms with van der Waals surface area (Å²) in [5, 5.41) is 23.7. The molecule has 2 heterocycles. The van der Waals surface area contributed by atoms with Gasteiger partial charge in [-0.3, -0.25) is 4.79 Å². The molecular formula is C21H19FN4O2S2. The van der Waals surface area contributed by atoms with Crippen molar-refractivity contribution in [3.63, 3.8) is 0 Å². The number of rotatable bonds is 8. The molecular weight excluding hydrogens is 423 g/mol. The zero-order valence-electron chi connectivity index (χ0n) is 16.3. The number of hydrogen-bond acceptors (Lipinski definition) is 7. The van der Waals surface area contributed by atoms with Gasteiger partial charge in [0.2, 0.25) is 0 Å². The Morgan fingerprint density at radius 2 is 2.07 bits per heavy atom. The molecule has 0 saturated carbocycles. The number of thioether (sulfide) groups is 1. The maximum atomic E-state index is 13.1. The molecule has 0 spiro atoms. The third-order valence-electron chi connectivity index (χ3n) is 4.25. The van der Waals surface area contributed by atoms with E-state index in [1.807, 2.05) is 5.38 Å². The lowest BCUT2D eigenvalue weighted by molar-refractivity contribution is -0.138. The number of anilines is 1. The first-order valence-electron chi connectivity index (χ1n) is 9.05. The molecule has 3 aromatic rings. The highest BCUT2D eigenvalue weighted by Gasteiger charge is 2.29. The predicted molar refractivity (Wildman–Crippen MR) is 116 cm³/mol. The van der Waals surface area contributed by atoms with E-state index < -0.39 is 10.7 Å². The molecule has 0 unspecified atom stereocenters. The number of halogens is 1. The normalized spacial score (nSPS) is 11.1. The molecule has 30 heavy (non-hydrogen) atoms. The minimum absolute atomic E-state index is 0.319. The standard InChI is InChI=1S/C21H19FN4O2S2/c1-21(2,19(27)28)30-20-26-17(12-29-20)7-8-24-18-14(10-23)9-15(11-25-18)13-3-5-16(22)6-4-13/h3-6,9,11-12H,7-8H2,1-2H3,(H,24,25)(H,27,28). The molecule has 154 valence electrons. The highest BCUT2D eigenvalue weighted by molar-refractivity contribution is 8.02. The van der Waals surface area contributed by atoms with Gasteiger partial charge < -0.3 is 10.4 Å². The fraction of sp³-hybridized carbons (Fsp3) is 0.238. The van der Waals surface area contributed by atoms with E-state index in [0.29, 0.717) is 28.7 Å². The number of carboxylic acid groups (broad SMARTS) is 1. The van der Waals surface area contributed by atoms with E-state index >= 15 is 0 Å². The number of nitriles is 1. The Bertz CT molecular complexity index is 1090. The van der Waals surface area contributed by atoms with Crippen LogP contribution < -0.4 is 5.32 Å². The van der Waals surface area contributed by atoms with E-state index in [1.165, 1.54) is 35.2 Å². The Labute approximate surface area is 181 Å². The van der Waals surface area contributed by atoms with Crippen LogP contribution in [0.5, 0.6) is 0 Å². The smallest absolute Gasteiger partial charge is 0.319 e. The highest BCUT2D eigenvalue weighted by Crippen LogP contribution is 2.34. The first-order valence-corrected chi connectivity index (χ1v) is 10.7. The topological polar surface area (TPSA) is 98.9 Å². The van der Waals surface area contributed by atoms with Crippen molar-refractivity contribution in [1.29, 1.82) is 5.26 Å². The summed E-state index contributed by atoms with van der Waals surface area (Å²) in [6.07, 6.45) is 2.25. The number of nitrogens with one attached hydrogen (secondary N) is 1. The van der Waals surface area contributed by atoms with Gasteiger partial charge in [0.1, 0.15) is 22.5 Å². The average molecular weight is 443 g/mol. The lowest BCUT2D eigenvalue weighted by Gasteiger charge is -2.15. The van der Waals surface area contributed by atoms with E-state index in [0.717, 1.165) is 16.8 Å². The Morgan fingerprint density at radius 1 is 1.33 bits per heavy atom. The molecule has 0 aliphatic carbocycles.